The van der Waals surface area contributed by atoms with Crippen LogP contribution < -0.4 is 4.90 Å². The minimum Gasteiger partial charge on any atom is -0.355 e. The summed E-state index contributed by atoms with van der Waals surface area (Å²) in [6.07, 6.45) is -2.34. The van der Waals surface area contributed by atoms with Crippen LogP contribution in [0.5, 0.6) is 0 Å². The van der Waals surface area contributed by atoms with Crippen LogP contribution in [0.3, 0.4) is 0 Å². The number of rotatable bonds is 2. The van der Waals surface area contributed by atoms with Crippen LogP contribution in [-0.2, 0) is 5.88 Å². The molecule has 0 unspecified atom stereocenters. The van der Waals surface area contributed by atoms with E-state index in [1.165, 1.54) is 0 Å². The first kappa shape index (κ1) is 14.7. The zero-order valence-electron chi connectivity index (χ0n) is 10.1. The maximum absolute atomic E-state index is 12.6. The third kappa shape index (κ3) is 3.45. The van der Waals surface area contributed by atoms with Crippen molar-refractivity contribution in [2.24, 2.45) is 5.92 Å². The number of piperidine rings is 1. The van der Waals surface area contributed by atoms with Crippen LogP contribution in [0, 0.1) is 5.92 Å². The molecule has 1 aliphatic rings. The van der Waals surface area contributed by atoms with Gasteiger partial charge in [-0.3, -0.25) is 0 Å². The molecule has 1 aromatic heterocycles. The van der Waals surface area contributed by atoms with Gasteiger partial charge in [0.05, 0.1) is 10.9 Å². The number of nitrogens with zero attached hydrogens (tertiary/aromatic N) is 2. The second-order valence-corrected chi connectivity index (χ2v) is 5.26. The minimum atomic E-state index is -4.11. The van der Waals surface area contributed by atoms with Crippen LogP contribution in [0.4, 0.5) is 19.0 Å². The van der Waals surface area contributed by atoms with Crippen molar-refractivity contribution in [2.75, 3.05) is 18.0 Å². The number of aromatic nitrogens is 1. The molecule has 0 aliphatic carbocycles. The summed E-state index contributed by atoms with van der Waals surface area (Å²) in [6, 6.07) is 1.70. The van der Waals surface area contributed by atoms with Gasteiger partial charge in [-0.25, -0.2) is 4.98 Å². The van der Waals surface area contributed by atoms with E-state index < -0.39 is 12.1 Å². The van der Waals surface area contributed by atoms with Gasteiger partial charge in [0.25, 0.3) is 0 Å². The molecule has 0 spiro atoms. The Bertz CT molecular complexity index is 443. The van der Waals surface area contributed by atoms with Crippen molar-refractivity contribution >= 4 is 29.0 Å². The van der Waals surface area contributed by atoms with E-state index in [-0.39, 0.29) is 12.8 Å². The monoisotopic (exact) mass is 312 g/mol. The summed E-state index contributed by atoms with van der Waals surface area (Å²) >= 11 is 11.8. The summed E-state index contributed by atoms with van der Waals surface area (Å²) in [6.45, 7) is 0.633. The molecule has 0 bridgehead atoms. The van der Waals surface area contributed by atoms with E-state index in [1.807, 2.05) is 0 Å². The molecule has 2 heterocycles. The Labute approximate surface area is 119 Å². The van der Waals surface area contributed by atoms with Crippen molar-refractivity contribution < 1.29 is 13.2 Å². The molecule has 19 heavy (non-hydrogen) atoms. The van der Waals surface area contributed by atoms with Crippen molar-refractivity contribution in [3.8, 4) is 0 Å². The fraction of sp³-hybridized carbons (Fsp3) is 0.583. The molecule has 1 fully saturated rings. The quantitative estimate of drug-likeness (QED) is 0.759. The maximum atomic E-state index is 12.6. The first-order valence-corrected chi connectivity index (χ1v) is 6.85. The predicted octanol–water partition coefficient (Wildman–Crippen LogP) is 4.25. The number of pyridine rings is 1. The van der Waals surface area contributed by atoms with Gasteiger partial charge in [0.15, 0.2) is 0 Å². The normalized spacial score (nSPS) is 17.8. The number of alkyl halides is 4. The lowest BCUT2D eigenvalue weighted by atomic mass is 9.96. The summed E-state index contributed by atoms with van der Waals surface area (Å²) in [5.74, 6) is -0.371. The van der Waals surface area contributed by atoms with E-state index >= 15 is 0 Å². The SMILES string of the molecule is FC(F)(F)C1CCN(c2ncc(CCl)cc2Cl)CC1. The smallest absolute Gasteiger partial charge is 0.355 e. The Morgan fingerprint density at radius 3 is 2.42 bits per heavy atom. The molecule has 1 saturated heterocycles. The zero-order chi connectivity index (χ0) is 14.0. The minimum absolute atomic E-state index is 0.0821. The van der Waals surface area contributed by atoms with Crippen LogP contribution in [0.15, 0.2) is 12.3 Å². The highest BCUT2D eigenvalue weighted by atomic mass is 35.5. The van der Waals surface area contributed by atoms with Gasteiger partial charge < -0.3 is 4.90 Å². The van der Waals surface area contributed by atoms with E-state index in [1.54, 1.807) is 17.2 Å². The van der Waals surface area contributed by atoms with Crippen LogP contribution in [0.25, 0.3) is 0 Å². The molecule has 0 amide bonds. The van der Waals surface area contributed by atoms with Gasteiger partial charge in [-0.15, -0.1) is 11.6 Å². The van der Waals surface area contributed by atoms with Gasteiger partial charge >= 0.3 is 6.18 Å². The van der Waals surface area contributed by atoms with Crippen molar-refractivity contribution in [2.45, 2.75) is 24.9 Å². The molecule has 1 aromatic rings. The zero-order valence-corrected chi connectivity index (χ0v) is 11.6. The maximum Gasteiger partial charge on any atom is 0.391 e. The highest BCUT2D eigenvalue weighted by Crippen LogP contribution is 2.36. The van der Waals surface area contributed by atoms with E-state index in [0.717, 1.165) is 5.56 Å². The van der Waals surface area contributed by atoms with E-state index in [2.05, 4.69) is 4.98 Å². The molecule has 1 aliphatic heterocycles. The topological polar surface area (TPSA) is 16.1 Å². The standard InChI is InChI=1S/C12H13Cl2F3N2/c13-6-8-5-10(14)11(18-7-8)19-3-1-9(2-4-19)12(15,16)17/h5,7,9H,1-4,6H2. The number of anilines is 1. The molecule has 2 rings (SSSR count). The number of hydrogen-bond donors (Lipinski definition) is 0. The average molecular weight is 313 g/mol. The Balaban J connectivity index is 2.06. The van der Waals surface area contributed by atoms with Crippen LogP contribution in [0.1, 0.15) is 18.4 Å². The highest BCUT2D eigenvalue weighted by Gasteiger charge is 2.41. The molecule has 0 aromatic carbocycles. The third-order valence-electron chi connectivity index (χ3n) is 3.29. The van der Waals surface area contributed by atoms with Gasteiger partial charge in [-0.1, -0.05) is 11.6 Å². The summed E-state index contributed by atoms with van der Waals surface area (Å²) in [7, 11) is 0. The van der Waals surface area contributed by atoms with Gasteiger partial charge in [0.1, 0.15) is 5.82 Å². The van der Waals surface area contributed by atoms with E-state index in [4.69, 9.17) is 23.2 Å². The lowest BCUT2D eigenvalue weighted by molar-refractivity contribution is -0.179. The van der Waals surface area contributed by atoms with Gasteiger partial charge in [-0.2, -0.15) is 13.2 Å². The first-order valence-electron chi connectivity index (χ1n) is 5.94. The molecule has 0 atom stereocenters. The predicted molar refractivity (Wildman–Crippen MR) is 69.8 cm³/mol. The highest BCUT2D eigenvalue weighted by molar-refractivity contribution is 6.33. The van der Waals surface area contributed by atoms with Gasteiger partial charge in [-0.05, 0) is 24.5 Å². The second kappa shape index (κ2) is 5.75. The Morgan fingerprint density at radius 2 is 1.95 bits per heavy atom. The summed E-state index contributed by atoms with van der Waals surface area (Å²) in [5, 5.41) is 0.434. The molecule has 0 saturated carbocycles. The molecule has 106 valence electrons. The van der Waals surface area contributed by atoms with Crippen LogP contribution in [-0.4, -0.2) is 24.2 Å². The molecular weight excluding hydrogens is 300 g/mol. The van der Waals surface area contributed by atoms with Crippen molar-refractivity contribution in [3.05, 3.63) is 22.8 Å². The summed E-state index contributed by atoms with van der Waals surface area (Å²) in [5.41, 5.74) is 0.792. The summed E-state index contributed by atoms with van der Waals surface area (Å²) < 4.78 is 37.7. The summed E-state index contributed by atoms with van der Waals surface area (Å²) in [4.78, 5) is 5.98. The molecular formula is C12H13Cl2F3N2. The van der Waals surface area contributed by atoms with Gasteiger partial charge in [0.2, 0.25) is 0 Å². The second-order valence-electron chi connectivity index (χ2n) is 4.59. The Kier molecular flexibility index (Phi) is 4.46. The lowest BCUT2D eigenvalue weighted by Gasteiger charge is -2.34. The Morgan fingerprint density at radius 1 is 1.32 bits per heavy atom. The lowest BCUT2D eigenvalue weighted by Crippen LogP contribution is -2.39. The fourth-order valence-corrected chi connectivity index (χ4v) is 2.65. The third-order valence-corrected chi connectivity index (χ3v) is 3.88. The number of hydrogen-bond acceptors (Lipinski definition) is 2. The Hall–Kier alpha value is -0.680. The fourth-order valence-electron chi connectivity index (χ4n) is 2.19. The van der Waals surface area contributed by atoms with Crippen LogP contribution in [0.2, 0.25) is 5.02 Å². The molecule has 0 N–H and O–H groups in total. The molecule has 0 radical (unpaired) electrons. The van der Waals surface area contributed by atoms with Crippen LogP contribution >= 0.6 is 23.2 Å². The van der Waals surface area contributed by atoms with Crippen molar-refractivity contribution in [1.82, 2.24) is 4.98 Å². The number of halogens is 5. The molecule has 2 nitrogen and oxygen atoms in total. The first-order chi connectivity index (χ1) is 8.91. The van der Waals surface area contributed by atoms with E-state index in [0.29, 0.717) is 29.8 Å². The van der Waals surface area contributed by atoms with Gasteiger partial charge in [0, 0.05) is 25.2 Å². The van der Waals surface area contributed by atoms with Crippen molar-refractivity contribution in [1.29, 1.82) is 0 Å². The van der Waals surface area contributed by atoms with Crippen molar-refractivity contribution in [3.63, 3.8) is 0 Å². The van der Waals surface area contributed by atoms with E-state index in [9.17, 15) is 13.2 Å². The largest absolute Gasteiger partial charge is 0.391 e. The molecule has 7 heteroatoms. The average Bonchev–Trinajstić information content (AvgIpc) is 2.37.